The molecule has 34 heavy (non-hydrogen) atoms. The first-order chi connectivity index (χ1) is 16.3. The van der Waals surface area contributed by atoms with Crippen molar-refractivity contribution in [2.75, 3.05) is 5.32 Å². The van der Waals surface area contributed by atoms with Crippen LogP contribution in [0.15, 0.2) is 71.3 Å². The van der Waals surface area contributed by atoms with Gasteiger partial charge in [0.05, 0.1) is 12.1 Å². The molecule has 1 N–H and O–H groups in total. The third-order valence-corrected chi connectivity index (χ3v) is 5.37. The van der Waals surface area contributed by atoms with E-state index in [2.05, 4.69) is 26.3 Å². The Balaban J connectivity index is 1.37. The van der Waals surface area contributed by atoms with Crippen LogP contribution in [0.25, 0.3) is 0 Å². The third-order valence-electron chi connectivity index (χ3n) is 4.84. The van der Waals surface area contributed by atoms with Gasteiger partial charge in [-0.3, -0.25) is 9.48 Å². The number of carbonyl (C=O) groups is 1. The van der Waals surface area contributed by atoms with Gasteiger partial charge in [0.25, 0.3) is 5.91 Å². The van der Waals surface area contributed by atoms with Crippen LogP contribution in [0.4, 0.5) is 23.4 Å². The van der Waals surface area contributed by atoms with E-state index in [0.717, 1.165) is 14.7 Å². The van der Waals surface area contributed by atoms with E-state index in [-0.39, 0.29) is 11.9 Å². The van der Waals surface area contributed by atoms with Crippen molar-refractivity contribution in [3.05, 3.63) is 111 Å². The number of ether oxygens (including phenoxy) is 1. The topological polar surface area (TPSA) is 56.2 Å². The van der Waals surface area contributed by atoms with Crippen LogP contribution in [0.1, 0.15) is 21.5 Å². The Morgan fingerprint density at radius 2 is 1.59 bits per heavy atom. The van der Waals surface area contributed by atoms with Gasteiger partial charge < -0.3 is 10.1 Å². The zero-order valence-corrected chi connectivity index (χ0v) is 19.0. The molecule has 0 aliphatic rings. The standard InChI is InChI=1S/C24H16BrF4N3O2/c25-16-5-7-17(8-6-16)34-13-14-1-3-15(4-2-14)24(33)30-21-9-10-32(31-21)12-18-22(28)19(26)11-20(27)23(18)29/h1-11H,12-13H2,(H,30,31,33). The fraction of sp³-hybridized carbons (Fsp3) is 0.0833. The molecule has 1 amide bonds. The monoisotopic (exact) mass is 533 g/mol. The molecule has 0 fully saturated rings. The first-order valence-electron chi connectivity index (χ1n) is 9.94. The molecule has 0 radical (unpaired) electrons. The van der Waals surface area contributed by atoms with E-state index in [1.54, 1.807) is 24.3 Å². The summed E-state index contributed by atoms with van der Waals surface area (Å²) in [6.07, 6.45) is 1.32. The number of rotatable bonds is 7. The number of hydrogen-bond acceptors (Lipinski definition) is 3. The Bertz CT molecular complexity index is 1300. The predicted octanol–water partition coefficient (Wildman–Crippen LogP) is 6.08. The predicted molar refractivity (Wildman–Crippen MR) is 120 cm³/mol. The number of hydrogen-bond donors (Lipinski definition) is 1. The summed E-state index contributed by atoms with van der Waals surface area (Å²) in [5.41, 5.74) is 0.403. The number of halogens is 5. The Hall–Kier alpha value is -3.66. The Morgan fingerprint density at radius 3 is 2.24 bits per heavy atom. The molecule has 5 nitrogen and oxygen atoms in total. The summed E-state index contributed by atoms with van der Waals surface area (Å²) in [4.78, 5) is 12.5. The zero-order chi connectivity index (χ0) is 24.2. The number of nitrogens with one attached hydrogen (secondary N) is 1. The minimum atomic E-state index is -1.50. The Labute approximate surface area is 200 Å². The average molecular weight is 534 g/mol. The fourth-order valence-corrected chi connectivity index (χ4v) is 3.34. The number of benzene rings is 3. The van der Waals surface area contributed by atoms with Crippen LogP contribution in [-0.4, -0.2) is 15.7 Å². The quantitative estimate of drug-likeness (QED) is 0.231. The summed E-state index contributed by atoms with van der Waals surface area (Å²) in [5.74, 6) is -5.64. The van der Waals surface area contributed by atoms with E-state index < -0.39 is 41.3 Å². The van der Waals surface area contributed by atoms with Crippen molar-refractivity contribution in [3.8, 4) is 5.75 Å². The number of aromatic nitrogens is 2. The van der Waals surface area contributed by atoms with E-state index in [1.165, 1.54) is 12.3 Å². The van der Waals surface area contributed by atoms with Gasteiger partial charge >= 0.3 is 0 Å². The molecule has 0 spiro atoms. The van der Waals surface area contributed by atoms with Gasteiger partial charge in [0.15, 0.2) is 29.1 Å². The van der Waals surface area contributed by atoms with Crippen molar-refractivity contribution in [1.29, 1.82) is 0 Å². The van der Waals surface area contributed by atoms with Gasteiger partial charge in [-0.05, 0) is 42.0 Å². The van der Waals surface area contributed by atoms with Crippen LogP contribution in [0.5, 0.6) is 5.75 Å². The first-order valence-corrected chi connectivity index (χ1v) is 10.7. The lowest BCUT2D eigenvalue weighted by atomic mass is 10.1. The van der Waals surface area contributed by atoms with Crippen molar-refractivity contribution in [1.82, 2.24) is 9.78 Å². The SMILES string of the molecule is O=C(Nc1ccn(Cc2c(F)c(F)cc(F)c2F)n1)c1ccc(COc2ccc(Br)cc2)cc1. The van der Waals surface area contributed by atoms with Crippen LogP contribution in [0.2, 0.25) is 0 Å². The lowest BCUT2D eigenvalue weighted by molar-refractivity contribution is 0.102. The molecule has 0 aliphatic carbocycles. The molecule has 1 heterocycles. The van der Waals surface area contributed by atoms with E-state index in [1.807, 2.05) is 24.3 Å². The Kier molecular flexibility index (Phi) is 6.97. The minimum absolute atomic E-state index is 0.102. The summed E-state index contributed by atoms with van der Waals surface area (Å²) in [5, 5.41) is 6.54. The van der Waals surface area contributed by atoms with E-state index in [0.29, 0.717) is 17.9 Å². The van der Waals surface area contributed by atoms with Gasteiger partial charge in [-0.15, -0.1) is 0 Å². The first kappa shape index (κ1) is 23.5. The average Bonchev–Trinajstić information content (AvgIpc) is 3.27. The summed E-state index contributed by atoms with van der Waals surface area (Å²) in [7, 11) is 0. The molecule has 174 valence electrons. The second kappa shape index (κ2) is 10.1. The third kappa shape index (κ3) is 5.45. The van der Waals surface area contributed by atoms with E-state index in [4.69, 9.17) is 4.74 Å². The van der Waals surface area contributed by atoms with Crippen molar-refractivity contribution in [3.63, 3.8) is 0 Å². The maximum Gasteiger partial charge on any atom is 0.256 e. The zero-order valence-electron chi connectivity index (χ0n) is 17.4. The molecule has 0 saturated heterocycles. The molecule has 1 aromatic heterocycles. The summed E-state index contributed by atoms with van der Waals surface area (Å²) < 4.78 is 62.2. The van der Waals surface area contributed by atoms with Crippen molar-refractivity contribution < 1.29 is 27.1 Å². The van der Waals surface area contributed by atoms with Gasteiger partial charge in [-0.2, -0.15) is 5.10 Å². The summed E-state index contributed by atoms with van der Waals surface area (Å²) in [6.45, 7) is -0.239. The number of nitrogens with zero attached hydrogens (tertiary/aromatic N) is 2. The highest BCUT2D eigenvalue weighted by Crippen LogP contribution is 2.21. The number of anilines is 1. The highest BCUT2D eigenvalue weighted by atomic mass is 79.9. The van der Waals surface area contributed by atoms with E-state index in [9.17, 15) is 22.4 Å². The molecule has 10 heteroatoms. The second-order valence-electron chi connectivity index (χ2n) is 7.24. The van der Waals surface area contributed by atoms with Crippen molar-refractivity contribution >= 4 is 27.7 Å². The second-order valence-corrected chi connectivity index (χ2v) is 8.15. The van der Waals surface area contributed by atoms with Gasteiger partial charge in [0.1, 0.15) is 12.4 Å². The summed E-state index contributed by atoms with van der Waals surface area (Å²) >= 11 is 3.36. The lowest BCUT2D eigenvalue weighted by Crippen LogP contribution is -2.13. The molecule has 0 atom stereocenters. The molecule has 0 aliphatic heterocycles. The minimum Gasteiger partial charge on any atom is -0.489 e. The maximum absolute atomic E-state index is 13.9. The molecule has 0 saturated carbocycles. The van der Waals surface area contributed by atoms with Gasteiger partial charge in [-0.1, -0.05) is 28.1 Å². The van der Waals surface area contributed by atoms with E-state index >= 15 is 0 Å². The molecule has 0 unspecified atom stereocenters. The molecule has 4 aromatic rings. The van der Waals surface area contributed by atoms with Gasteiger partial charge in [-0.25, -0.2) is 17.6 Å². The molecular weight excluding hydrogens is 518 g/mol. The molecular formula is C24H16BrF4N3O2. The lowest BCUT2D eigenvalue weighted by Gasteiger charge is -2.08. The van der Waals surface area contributed by atoms with Crippen LogP contribution in [0.3, 0.4) is 0 Å². The van der Waals surface area contributed by atoms with Gasteiger partial charge in [0, 0.05) is 28.4 Å². The maximum atomic E-state index is 13.9. The molecule has 4 rings (SSSR count). The highest BCUT2D eigenvalue weighted by Gasteiger charge is 2.20. The molecule has 0 bridgehead atoms. The number of carbonyl (C=O) groups excluding carboxylic acids is 1. The van der Waals surface area contributed by atoms with Crippen molar-refractivity contribution in [2.24, 2.45) is 0 Å². The van der Waals surface area contributed by atoms with Crippen molar-refractivity contribution in [2.45, 2.75) is 13.2 Å². The van der Waals surface area contributed by atoms with Crippen LogP contribution in [0, 0.1) is 23.3 Å². The van der Waals surface area contributed by atoms with Crippen LogP contribution in [-0.2, 0) is 13.2 Å². The molecule has 3 aromatic carbocycles. The van der Waals surface area contributed by atoms with Crippen LogP contribution >= 0.6 is 15.9 Å². The largest absolute Gasteiger partial charge is 0.489 e. The Morgan fingerprint density at radius 1 is 0.941 bits per heavy atom. The smallest absolute Gasteiger partial charge is 0.256 e. The van der Waals surface area contributed by atoms with Crippen LogP contribution < -0.4 is 10.1 Å². The van der Waals surface area contributed by atoms with Gasteiger partial charge in [0.2, 0.25) is 0 Å². The normalized spacial score (nSPS) is 10.9. The fourth-order valence-electron chi connectivity index (χ4n) is 3.08. The summed E-state index contributed by atoms with van der Waals surface area (Å²) in [6, 6.07) is 15.7. The number of amides is 1. The highest BCUT2D eigenvalue weighted by molar-refractivity contribution is 9.10.